The van der Waals surface area contributed by atoms with Gasteiger partial charge < -0.3 is 10.6 Å². The molecule has 0 aliphatic carbocycles. The molecule has 0 radical (unpaired) electrons. The minimum Gasteiger partial charge on any atom is -0.338 e. The quantitative estimate of drug-likeness (QED) is 0.847. The molecule has 1 amide bonds. The van der Waals surface area contributed by atoms with Gasteiger partial charge in [-0.05, 0) is 6.54 Å². The third kappa shape index (κ3) is 2.12. The number of benzene rings is 1. The summed E-state index contributed by atoms with van der Waals surface area (Å²) >= 11 is 0. The summed E-state index contributed by atoms with van der Waals surface area (Å²) in [5.74, 6) is -3.98. The lowest BCUT2D eigenvalue weighted by molar-refractivity contribution is 0.0505. The van der Waals surface area contributed by atoms with Crippen LogP contribution >= 0.6 is 0 Å². The first-order valence-electron chi connectivity index (χ1n) is 5.16. The maximum Gasteiger partial charge on any atom is 0.259 e. The molecule has 0 bridgehead atoms. The maximum atomic E-state index is 13.3. The van der Waals surface area contributed by atoms with Gasteiger partial charge in [-0.25, -0.2) is 13.2 Å². The van der Waals surface area contributed by atoms with Crippen LogP contribution in [-0.2, 0) is 0 Å². The van der Waals surface area contributed by atoms with E-state index >= 15 is 0 Å². The SMILES string of the molecule is NCC1CN(C(=O)c2c(F)cc(F)cc2F)C1. The van der Waals surface area contributed by atoms with Crippen molar-refractivity contribution in [2.75, 3.05) is 19.6 Å². The number of hydrogen-bond donors (Lipinski definition) is 1. The lowest BCUT2D eigenvalue weighted by Gasteiger charge is -2.38. The number of nitrogens with zero attached hydrogens (tertiary/aromatic N) is 1. The number of carbonyl (C=O) groups excluding carboxylic acids is 1. The molecule has 3 nitrogen and oxygen atoms in total. The number of hydrogen-bond acceptors (Lipinski definition) is 2. The molecule has 1 saturated heterocycles. The summed E-state index contributed by atoms with van der Waals surface area (Å²) < 4.78 is 39.3. The fourth-order valence-electron chi connectivity index (χ4n) is 1.79. The summed E-state index contributed by atoms with van der Waals surface area (Å²) in [7, 11) is 0. The zero-order chi connectivity index (χ0) is 12.6. The Bertz CT molecular complexity index is 435. The van der Waals surface area contributed by atoms with Crippen LogP contribution in [0.15, 0.2) is 12.1 Å². The smallest absolute Gasteiger partial charge is 0.259 e. The van der Waals surface area contributed by atoms with Crippen LogP contribution in [0.25, 0.3) is 0 Å². The Kier molecular flexibility index (Phi) is 3.06. The van der Waals surface area contributed by atoms with Crippen LogP contribution in [0.3, 0.4) is 0 Å². The molecular weight excluding hydrogens is 233 g/mol. The minimum absolute atomic E-state index is 0.172. The molecule has 0 spiro atoms. The van der Waals surface area contributed by atoms with Crippen LogP contribution in [0.4, 0.5) is 13.2 Å². The van der Waals surface area contributed by atoms with Crippen molar-refractivity contribution in [3.63, 3.8) is 0 Å². The van der Waals surface area contributed by atoms with Crippen molar-refractivity contribution >= 4 is 5.91 Å². The number of carbonyl (C=O) groups is 1. The van der Waals surface area contributed by atoms with E-state index in [0.717, 1.165) is 0 Å². The predicted octanol–water partition coefficient (Wildman–Crippen LogP) is 1.13. The average molecular weight is 244 g/mol. The van der Waals surface area contributed by atoms with E-state index in [2.05, 4.69) is 0 Å². The van der Waals surface area contributed by atoms with Gasteiger partial charge in [-0.15, -0.1) is 0 Å². The fraction of sp³-hybridized carbons (Fsp3) is 0.364. The molecule has 0 aromatic heterocycles. The molecule has 92 valence electrons. The second-order valence-electron chi connectivity index (χ2n) is 4.06. The third-order valence-electron chi connectivity index (χ3n) is 2.80. The van der Waals surface area contributed by atoms with E-state index in [1.807, 2.05) is 0 Å². The molecule has 0 unspecified atom stereocenters. The highest BCUT2D eigenvalue weighted by Crippen LogP contribution is 2.22. The Morgan fingerprint density at radius 1 is 1.29 bits per heavy atom. The van der Waals surface area contributed by atoms with Crippen LogP contribution in [0.1, 0.15) is 10.4 Å². The number of likely N-dealkylation sites (tertiary alicyclic amines) is 1. The average Bonchev–Trinajstić information content (AvgIpc) is 2.13. The fourth-order valence-corrected chi connectivity index (χ4v) is 1.79. The van der Waals surface area contributed by atoms with Crippen molar-refractivity contribution in [1.82, 2.24) is 4.90 Å². The van der Waals surface area contributed by atoms with Crippen LogP contribution in [0.5, 0.6) is 0 Å². The van der Waals surface area contributed by atoms with Gasteiger partial charge in [0.1, 0.15) is 23.0 Å². The lowest BCUT2D eigenvalue weighted by atomic mass is 9.99. The van der Waals surface area contributed by atoms with Gasteiger partial charge in [0.25, 0.3) is 5.91 Å². The van der Waals surface area contributed by atoms with Crippen LogP contribution in [0.2, 0.25) is 0 Å². The van der Waals surface area contributed by atoms with Gasteiger partial charge >= 0.3 is 0 Å². The zero-order valence-corrected chi connectivity index (χ0v) is 8.92. The van der Waals surface area contributed by atoms with Gasteiger partial charge in [0.15, 0.2) is 0 Å². The van der Waals surface area contributed by atoms with Crippen LogP contribution in [0, 0.1) is 23.4 Å². The van der Waals surface area contributed by atoms with E-state index < -0.39 is 28.9 Å². The first-order chi connectivity index (χ1) is 8.02. The lowest BCUT2D eigenvalue weighted by Crippen LogP contribution is -2.52. The summed E-state index contributed by atoms with van der Waals surface area (Å²) in [4.78, 5) is 13.0. The largest absolute Gasteiger partial charge is 0.338 e. The summed E-state index contributed by atoms with van der Waals surface area (Å²) in [5.41, 5.74) is 4.67. The Morgan fingerprint density at radius 2 is 1.82 bits per heavy atom. The van der Waals surface area contributed by atoms with Gasteiger partial charge in [-0.2, -0.15) is 0 Å². The molecule has 1 aromatic rings. The van der Waals surface area contributed by atoms with Crippen molar-refractivity contribution in [2.45, 2.75) is 0 Å². The molecule has 1 aliphatic heterocycles. The van der Waals surface area contributed by atoms with E-state index in [1.54, 1.807) is 0 Å². The molecule has 2 N–H and O–H groups in total. The summed E-state index contributed by atoms with van der Waals surface area (Å²) in [6.45, 7) is 1.19. The van der Waals surface area contributed by atoms with Crippen molar-refractivity contribution in [1.29, 1.82) is 0 Å². The summed E-state index contributed by atoms with van der Waals surface area (Å²) in [6, 6.07) is 0.993. The monoisotopic (exact) mass is 244 g/mol. The number of rotatable bonds is 2. The second-order valence-corrected chi connectivity index (χ2v) is 4.06. The molecular formula is C11H11F3N2O. The molecule has 0 atom stereocenters. The zero-order valence-electron chi connectivity index (χ0n) is 8.92. The highest BCUT2D eigenvalue weighted by Gasteiger charge is 2.33. The van der Waals surface area contributed by atoms with E-state index in [9.17, 15) is 18.0 Å². The maximum absolute atomic E-state index is 13.3. The Morgan fingerprint density at radius 3 is 2.29 bits per heavy atom. The first kappa shape index (κ1) is 11.9. The van der Waals surface area contributed by atoms with E-state index in [0.29, 0.717) is 31.8 Å². The van der Waals surface area contributed by atoms with Gasteiger partial charge in [-0.1, -0.05) is 0 Å². The molecule has 1 fully saturated rings. The summed E-state index contributed by atoms with van der Waals surface area (Å²) in [6.07, 6.45) is 0. The molecule has 17 heavy (non-hydrogen) atoms. The molecule has 0 saturated carbocycles. The van der Waals surface area contributed by atoms with Crippen molar-refractivity contribution in [3.05, 3.63) is 35.1 Å². The number of halogens is 3. The molecule has 2 rings (SSSR count). The Hall–Kier alpha value is -1.56. The number of amides is 1. The second kappa shape index (κ2) is 4.37. The standard InChI is InChI=1S/C11H11F3N2O/c12-7-1-8(13)10(9(14)2-7)11(17)16-4-6(3-15)5-16/h1-2,6H,3-5,15H2. The Balaban J connectivity index is 2.21. The van der Waals surface area contributed by atoms with E-state index in [4.69, 9.17) is 5.73 Å². The molecule has 6 heteroatoms. The van der Waals surface area contributed by atoms with Crippen LogP contribution < -0.4 is 5.73 Å². The first-order valence-corrected chi connectivity index (χ1v) is 5.16. The van der Waals surface area contributed by atoms with Crippen molar-refractivity contribution in [3.8, 4) is 0 Å². The normalized spacial score (nSPS) is 15.9. The topological polar surface area (TPSA) is 46.3 Å². The van der Waals surface area contributed by atoms with Crippen molar-refractivity contribution < 1.29 is 18.0 Å². The predicted molar refractivity (Wildman–Crippen MR) is 54.8 cm³/mol. The van der Waals surface area contributed by atoms with E-state index in [-0.39, 0.29) is 5.92 Å². The molecule has 1 aliphatic rings. The van der Waals surface area contributed by atoms with Crippen molar-refractivity contribution in [2.24, 2.45) is 11.7 Å². The Labute approximate surface area is 96.0 Å². The highest BCUT2D eigenvalue weighted by molar-refractivity contribution is 5.95. The highest BCUT2D eigenvalue weighted by atomic mass is 19.1. The van der Waals surface area contributed by atoms with E-state index in [1.165, 1.54) is 4.90 Å². The summed E-state index contributed by atoms with van der Waals surface area (Å²) in [5, 5.41) is 0. The molecule has 1 heterocycles. The minimum atomic E-state index is -1.18. The molecule has 1 aromatic carbocycles. The van der Waals surface area contributed by atoms with Gasteiger partial charge in [-0.3, -0.25) is 4.79 Å². The van der Waals surface area contributed by atoms with Gasteiger partial charge in [0.05, 0.1) is 0 Å². The number of nitrogens with two attached hydrogens (primary N) is 1. The third-order valence-corrected chi connectivity index (χ3v) is 2.80. The van der Waals surface area contributed by atoms with Gasteiger partial charge in [0.2, 0.25) is 0 Å². The van der Waals surface area contributed by atoms with Crippen LogP contribution in [-0.4, -0.2) is 30.4 Å². The van der Waals surface area contributed by atoms with Gasteiger partial charge in [0, 0.05) is 31.1 Å².